The van der Waals surface area contributed by atoms with Gasteiger partial charge >= 0.3 is 0 Å². The van der Waals surface area contributed by atoms with Gasteiger partial charge in [0, 0.05) is 63.8 Å². The van der Waals surface area contributed by atoms with E-state index in [-0.39, 0.29) is 29.4 Å². The normalized spacial score (nSPS) is 33.0. The standard InChI is InChI=1S/C18H34N4O.HI/c1-13(2)12-21-7-9-22(10-8-21)17(19-5)20-15-14-6-11-23-16(14)18(15,3)4;/h13-16H,6-12H2,1-5H3,(H,19,20);1H. The first-order valence-corrected chi connectivity index (χ1v) is 9.25. The molecule has 2 heterocycles. The molecule has 2 saturated heterocycles. The maximum Gasteiger partial charge on any atom is 0.193 e. The highest BCUT2D eigenvalue weighted by Gasteiger charge is 2.59. The van der Waals surface area contributed by atoms with Crippen LogP contribution in [0.5, 0.6) is 0 Å². The molecule has 5 nitrogen and oxygen atoms in total. The fourth-order valence-corrected chi connectivity index (χ4v) is 4.71. The smallest absolute Gasteiger partial charge is 0.193 e. The third-order valence-electron chi connectivity index (χ3n) is 5.89. The Hall–Kier alpha value is -0.0800. The van der Waals surface area contributed by atoms with Crippen molar-refractivity contribution >= 4 is 29.9 Å². The second-order valence-electron chi connectivity index (χ2n) is 8.42. The van der Waals surface area contributed by atoms with Gasteiger partial charge < -0.3 is 15.0 Å². The molecule has 3 rings (SSSR count). The zero-order chi connectivity index (χ0) is 16.6. The van der Waals surface area contributed by atoms with Gasteiger partial charge in [0.1, 0.15) is 0 Å². The highest BCUT2D eigenvalue weighted by atomic mass is 127. The molecule has 24 heavy (non-hydrogen) atoms. The van der Waals surface area contributed by atoms with Crippen LogP contribution in [0.15, 0.2) is 4.99 Å². The second kappa shape index (κ2) is 8.08. The minimum Gasteiger partial charge on any atom is -0.377 e. The van der Waals surface area contributed by atoms with Crippen LogP contribution in [0.1, 0.15) is 34.1 Å². The van der Waals surface area contributed by atoms with E-state index in [4.69, 9.17) is 4.74 Å². The van der Waals surface area contributed by atoms with E-state index in [1.807, 2.05) is 7.05 Å². The largest absolute Gasteiger partial charge is 0.377 e. The van der Waals surface area contributed by atoms with Crippen molar-refractivity contribution in [3.63, 3.8) is 0 Å². The summed E-state index contributed by atoms with van der Waals surface area (Å²) in [5.41, 5.74) is 0.205. The summed E-state index contributed by atoms with van der Waals surface area (Å²) < 4.78 is 5.91. The minimum atomic E-state index is 0. The molecule has 0 aromatic heterocycles. The van der Waals surface area contributed by atoms with Crippen LogP contribution in [0.2, 0.25) is 0 Å². The molecule has 3 atom stereocenters. The minimum absolute atomic E-state index is 0. The van der Waals surface area contributed by atoms with E-state index >= 15 is 0 Å². The third-order valence-corrected chi connectivity index (χ3v) is 5.89. The summed E-state index contributed by atoms with van der Waals surface area (Å²) in [4.78, 5) is 9.57. The third kappa shape index (κ3) is 3.85. The molecule has 0 amide bonds. The quantitative estimate of drug-likeness (QED) is 0.407. The molecule has 3 fully saturated rings. The lowest BCUT2D eigenvalue weighted by atomic mass is 9.57. The van der Waals surface area contributed by atoms with E-state index in [1.54, 1.807) is 0 Å². The van der Waals surface area contributed by atoms with Gasteiger partial charge in [-0.25, -0.2) is 0 Å². The summed E-state index contributed by atoms with van der Waals surface area (Å²) in [6.45, 7) is 15.8. The van der Waals surface area contributed by atoms with Gasteiger partial charge in [0.25, 0.3) is 0 Å². The molecular formula is C18H35IN4O. The first kappa shape index (κ1) is 20.2. The average Bonchev–Trinajstić information content (AvgIpc) is 2.95. The second-order valence-corrected chi connectivity index (χ2v) is 8.42. The number of halogens is 1. The van der Waals surface area contributed by atoms with Crippen LogP contribution in [0.4, 0.5) is 0 Å². The number of rotatable bonds is 3. The van der Waals surface area contributed by atoms with Gasteiger partial charge in [-0.15, -0.1) is 24.0 Å². The first-order chi connectivity index (χ1) is 10.9. The maximum absolute atomic E-state index is 5.91. The Morgan fingerprint density at radius 3 is 2.50 bits per heavy atom. The van der Waals surface area contributed by atoms with E-state index < -0.39 is 0 Å². The Kier molecular flexibility index (Phi) is 6.81. The predicted octanol–water partition coefficient (Wildman–Crippen LogP) is 2.27. The van der Waals surface area contributed by atoms with Gasteiger partial charge in [0.15, 0.2) is 5.96 Å². The van der Waals surface area contributed by atoms with Crippen molar-refractivity contribution in [1.82, 2.24) is 15.1 Å². The maximum atomic E-state index is 5.91. The number of fused-ring (bicyclic) bond motifs is 1. The molecule has 0 bridgehead atoms. The number of aliphatic imine (C=N–C) groups is 1. The lowest BCUT2D eigenvalue weighted by molar-refractivity contribution is -0.107. The van der Waals surface area contributed by atoms with Crippen LogP contribution in [0, 0.1) is 17.3 Å². The van der Waals surface area contributed by atoms with Crippen LogP contribution in [0.25, 0.3) is 0 Å². The van der Waals surface area contributed by atoms with Crippen LogP contribution < -0.4 is 5.32 Å². The number of nitrogens with one attached hydrogen (secondary N) is 1. The van der Waals surface area contributed by atoms with E-state index in [0.717, 1.165) is 44.7 Å². The summed E-state index contributed by atoms with van der Waals surface area (Å²) >= 11 is 0. The summed E-state index contributed by atoms with van der Waals surface area (Å²) in [6.07, 6.45) is 1.62. The number of nitrogens with zero attached hydrogens (tertiary/aromatic N) is 3. The van der Waals surface area contributed by atoms with Crippen molar-refractivity contribution in [3.05, 3.63) is 0 Å². The van der Waals surface area contributed by atoms with Crippen molar-refractivity contribution < 1.29 is 4.74 Å². The van der Waals surface area contributed by atoms with Crippen LogP contribution in [-0.2, 0) is 4.74 Å². The van der Waals surface area contributed by atoms with Crippen molar-refractivity contribution in [3.8, 4) is 0 Å². The molecule has 140 valence electrons. The zero-order valence-corrected chi connectivity index (χ0v) is 18.2. The Labute approximate surface area is 164 Å². The van der Waals surface area contributed by atoms with Gasteiger partial charge in [-0.05, 0) is 12.3 Å². The van der Waals surface area contributed by atoms with Gasteiger partial charge in [-0.1, -0.05) is 27.7 Å². The number of piperazine rings is 1. The lowest BCUT2D eigenvalue weighted by Gasteiger charge is -2.55. The highest BCUT2D eigenvalue weighted by molar-refractivity contribution is 14.0. The molecule has 0 radical (unpaired) electrons. The van der Waals surface area contributed by atoms with Crippen molar-refractivity contribution in [2.24, 2.45) is 22.2 Å². The average molecular weight is 450 g/mol. The van der Waals surface area contributed by atoms with E-state index in [2.05, 4.69) is 47.8 Å². The van der Waals surface area contributed by atoms with Crippen LogP contribution in [-0.4, -0.2) is 74.3 Å². The molecule has 0 spiro atoms. The van der Waals surface area contributed by atoms with Crippen molar-refractivity contribution in [2.75, 3.05) is 46.4 Å². The number of hydrogen-bond acceptors (Lipinski definition) is 3. The Balaban J connectivity index is 0.00000208. The highest BCUT2D eigenvalue weighted by Crippen LogP contribution is 2.52. The monoisotopic (exact) mass is 450 g/mol. The van der Waals surface area contributed by atoms with E-state index in [1.165, 1.54) is 13.0 Å². The number of hydrogen-bond donors (Lipinski definition) is 1. The van der Waals surface area contributed by atoms with Gasteiger partial charge in [0.05, 0.1) is 6.10 Å². The summed E-state index contributed by atoms with van der Waals surface area (Å²) in [5.74, 6) is 2.48. The number of ether oxygens (including phenoxy) is 1. The van der Waals surface area contributed by atoms with Crippen LogP contribution in [0.3, 0.4) is 0 Å². The fraction of sp³-hybridized carbons (Fsp3) is 0.944. The molecule has 1 N–H and O–H groups in total. The molecule has 2 aliphatic heterocycles. The molecule has 0 aromatic rings. The summed E-state index contributed by atoms with van der Waals surface area (Å²) in [7, 11) is 1.91. The molecule has 0 aromatic carbocycles. The lowest BCUT2D eigenvalue weighted by Crippen LogP contribution is -2.68. The summed E-state index contributed by atoms with van der Waals surface area (Å²) in [6, 6.07) is 0.488. The van der Waals surface area contributed by atoms with Gasteiger partial charge in [0.2, 0.25) is 0 Å². The molecule has 3 aliphatic rings. The first-order valence-electron chi connectivity index (χ1n) is 9.25. The molecule has 1 aliphatic carbocycles. The van der Waals surface area contributed by atoms with E-state index in [9.17, 15) is 0 Å². The molecule has 1 saturated carbocycles. The zero-order valence-electron chi connectivity index (χ0n) is 15.9. The topological polar surface area (TPSA) is 40.1 Å². The van der Waals surface area contributed by atoms with Crippen molar-refractivity contribution in [1.29, 1.82) is 0 Å². The summed E-state index contributed by atoms with van der Waals surface area (Å²) in [5, 5.41) is 3.77. The Morgan fingerprint density at radius 2 is 1.92 bits per heavy atom. The van der Waals surface area contributed by atoms with Crippen molar-refractivity contribution in [2.45, 2.75) is 46.3 Å². The molecule has 3 unspecified atom stereocenters. The number of guanidine groups is 1. The van der Waals surface area contributed by atoms with Gasteiger partial charge in [-0.3, -0.25) is 9.89 Å². The Morgan fingerprint density at radius 1 is 1.25 bits per heavy atom. The van der Waals surface area contributed by atoms with Crippen LogP contribution >= 0.6 is 24.0 Å². The predicted molar refractivity (Wildman–Crippen MR) is 110 cm³/mol. The van der Waals surface area contributed by atoms with E-state index in [0.29, 0.717) is 18.1 Å². The SMILES string of the molecule is CN=C(NC1C2CCOC2C1(C)C)N1CCN(CC(C)C)CC1.I. The van der Waals surface area contributed by atoms with Gasteiger partial charge in [-0.2, -0.15) is 0 Å². The molecule has 6 heteroatoms. The Bertz CT molecular complexity index is 446. The molecular weight excluding hydrogens is 415 g/mol. The fourth-order valence-electron chi connectivity index (χ4n) is 4.71.